The summed E-state index contributed by atoms with van der Waals surface area (Å²) in [6.07, 6.45) is 0.677. The summed E-state index contributed by atoms with van der Waals surface area (Å²) in [7, 11) is 1.44. The summed E-state index contributed by atoms with van der Waals surface area (Å²) in [5.41, 5.74) is 3.23. The molecule has 0 N–H and O–H groups in total. The number of thiophene rings is 1. The van der Waals surface area contributed by atoms with E-state index >= 15 is 0 Å². The smallest absolute Gasteiger partial charge is 0.308 e. The Hall–Kier alpha value is -2.44. The summed E-state index contributed by atoms with van der Waals surface area (Å²) in [4.78, 5) is 21.7. The fourth-order valence-corrected chi connectivity index (χ4v) is 4.94. The van der Waals surface area contributed by atoms with Gasteiger partial charge in [0, 0.05) is 31.7 Å². The molecule has 1 unspecified atom stereocenters. The zero-order valence-corrected chi connectivity index (χ0v) is 18.7. The Morgan fingerprint density at radius 3 is 2.57 bits per heavy atom. The number of piperazine rings is 1. The van der Waals surface area contributed by atoms with E-state index in [1.165, 1.54) is 17.2 Å². The normalized spacial score (nSPS) is 16.0. The van der Waals surface area contributed by atoms with Crippen molar-refractivity contribution in [3.63, 3.8) is 0 Å². The van der Waals surface area contributed by atoms with Crippen LogP contribution in [0.4, 0.5) is 5.82 Å². The van der Waals surface area contributed by atoms with Gasteiger partial charge in [0.2, 0.25) is 0 Å². The summed E-state index contributed by atoms with van der Waals surface area (Å²) in [5, 5.41) is 3.40. The second-order valence-corrected chi connectivity index (χ2v) is 8.83. The number of hydrogen-bond acceptors (Lipinski definition) is 6. The number of likely N-dealkylation sites (N-methyl/N-ethyl adjacent to an activating group) is 1. The predicted octanol–water partition coefficient (Wildman–Crippen LogP) is 4.46. The summed E-state index contributed by atoms with van der Waals surface area (Å²) >= 11 is 1.77. The minimum atomic E-state index is -0.170. The van der Waals surface area contributed by atoms with Crippen molar-refractivity contribution < 1.29 is 9.53 Å². The van der Waals surface area contributed by atoms with Gasteiger partial charge >= 0.3 is 5.97 Å². The summed E-state index contributed by atoms with van der Waals surface area (Å²) in [5.74, 6) is 0.794. The molecule has 4 rings (SSSR count). The van der Waals surface area contributed by atoms with Gasteiger partial charge in [0.25, 0.3) is 0 Å². The maximum atomic E-state index is 11.7. The number of pyridine rings is 1. The van der Waals surface area contributed by atoms with Crippen LogP contribution in [0.1, 0.15) is 19.4 Å². The molecule has 0 spiro atoms. The minimum Gasteiger partial charge on any atom is -0.469 e. The maximum absolute atomic E-state index is 11.7. The molecule has 6 heteroatoms. The van der Waals surface area contributed by atoms with E-state index in [-0.39, 0.29) is 11.9 Å². The lowest BCUT2D eigenvalue weighted by Crippen LogP contribution is -2.46. The monoisotopic (exact) mass is 423 g/mol. The van der Waals surface area contributed by atoms with E-state index in [1.807, 2.05) is 6.92 Å². The molecule has 0 bridgehead atoms. The van der Waals surface area contributed by atoms with Gasteiger partial charge in [-0.25, -0.2) is 4.98 Å². The molecule has 1 aliphatic rings. The highest BCUT2D eigenvalue weighted by atomic mass is 32.1. The SMILES string of the molecule is CCN1CCN(c2nc(-c3ccc(CC(C)C(=O)OC)cc3)cc3ccsc23)CC1. The lowest BCUT2D eigenvalue weighted by atomic mass is 9.99. The molecule has 0 radical (unpaired) electrons. The number of benzene rings is 1. The van der Waals surface area contributed by atoms with Crippen LogP contribution in [-0.2, 0) is 16.0 Å². The Morgan fingerprint density at radius 2 is 1.90 bits per heavy atom. The van der Waals surface area contributed by atoms with Crippen molar-refractivity contribution in [2.45, 2.75) is 20.3 Å². The van der Waals surface area contributed by atoms with Gasteiger partial charge in [-0.15, -0.1) is 11.3 Å². The third kappa shape index (κ3) is 4.35. The van der Waals surface area contributed by atoms with Crippen LogP contribution in [0, 0.1) is 5.92 Å². The van der Waals surface area contributed by atoms with Gasteiger partial charge in [0.1, 0.15) is 5.82 Å². The second kappa shape index (κ2) is 9.14. The molecule has 0 aliphatic carbocycles. The standard InChI is InChI=1S/C24H29N3O2S/c1-4-26-10-12-27(13-11-26)23-22-20(9-14-30-22)16-21(25-23)19-7-5-18(6-8-19)15-17(2)24(28)29-3/h5-9,14,16-17H,4,10-13,15H2,1-3H3. The first-order valence-electron chi connectivity index (χ1n) is 10.6. The molecule has 1 atom stereocenters. The maximum Gasteiger partial charge on any atom is 0.308 e. The largest absolute Gasteiger partial charge is 0.469 e. The van der Waals surface area contributed by atoms with E-state index < -0.39 is 0 Å². The molecular weight excluding hydrogens is 394 g/mol. The van der Waals surface area contributed by atoms with Crippen LogP contribution in [-0.4, -0.2) is 55.7 Å². The third-order valence-electron chi connectivity index (χ3n) is 5.93. The Balaban J connectivity index is 1.59. The van der Waals surface area contributed by atoms with Gasteiger partial charge in [-0.05, 0) is 41.4 Å². The molecule has 1 aromatic carbocycles. The van der Waals surface area contributed by atoms with Crippen LogP contribution < -0.4 is 4.90 Å². The first-order chi connectivity index (χ1) is 14.6. The quantitative estimate of drug-likeness (QED) is 0.548. The summed E-state index contributed by atoms with van der Waals surface area (Å²) in [6.45, 7) is 9.43. The number of nitrogens with zero attached hydrogens (tertiary/aromatic N) is 3. The van der Waals surface area contributed by atoms with Crippen molar-refractivity contribution in [2.24, 2.45) is 5.92 Å². The molecule has 1 saturated heterocycles. The van der Waals surface area contributed by atoms with E-state index in [1.54, 1.807) is 11.3 Å². The van der Waals surface area contributed by atoms with Crippen LogP contribution >= 0.6 is 11.3 Å². The van der Waals surface area contributed by atoms with E-state index in [4.69, 9.17) is 9.72 Å². The molecule has 2 aromatic heterocycles. The topological polar surface area (TPSA) is 45.7 Å². The zero-order valence-electron chi connectivity index (χ0n) is 17.9. The number of hydrogen-bond donors (Lipinski definition) is 0. The molecule has 1 aliphatic heterocycles. The number of carbonyl (C=O) groups excluding carboxylic acids is 1. The van der Waals surface area contributed by atoms with Gasteiger partial charge in [0.05, 0.1) is 23.4 Å². The lowest BCUT2D eigenvalue weighted by molar-refractivity contribution is -0.144. The fraction of sp³-hybridized carbons (Fsp3) is 0.417. The highest BCUT2D eigenvalue weighted by molar-refractivity contribution is 7.17. The number of carbonyl (C=O) groups is 1. The van der Waals surface area contributed by atoms with Crippen molar-refractivity contribution in [3.05, 3.63) is 47.3 Å². The number of anilines is 1. The lowest BCUT2D eigenvalue weighted by Gasteiger charge is -2.35. The van der Waals surface area contributed by atoms with Crippen LogP contribution in [0.25, 0.3) is 21.3 Å². The van der Waals surface area contributed by atoms with Crippen molar-refractivity contribution in [2.75, 3.05) is 44.7 Å². The van der Waals surface area contributed by atoms with E-state index in [0.717, 1.165) is 55.4 Å². The van der Waals surface area contributed by atoms with Crippen LogP contribution in [0.2, 0.25) is 0 Å². The Bertz CT molecular complexity index is 1010. The Kier molecular flexibility index (Phi) is 6.35. The van der Waals surface area contributed by atoms with Gasteiger partial charge in [-0.2, -0.15) is 0 Å². The molecular formula is C24H29N3O2S. The predicted molar refractivity (Wildman–Crippen MR) is 124 cm³/mol. The third-order valence-corrected chi connectivity index (χ3v) is 6.86. The molecule has 1 fully saturated rings. The highest BCUT2D eigenvalue weighted by Gasteiger charge is 2.20. The van der Waals surface area contributed by atoms with Crippen molar-refractivity contribution in [3.8, 4) is 11.3 Å². The van der Waals surface area contributed by atoms with Gasteiger partial charge < -0.3 is 14.5 Å². The molecule has 158 valence electrons. The van der Waals surface area contributed by atoms with Crippen LogP contribution in [0.15, 0.2) is 41.8 Å². The number of ether oxygens (including phenoxy) is 1. The zero-order chi connectivity index (χ0) is 21.1. The molecule has 3 aromatic rings. The van der Waals surface area contributed by atoms with Crippen LogP contribution in [0.5, 0.6) is 0 Å². The molecule has 3 heterocycles. The van der Waals surface area contributed by atoms with Gasteiger partial charge in [-0.1, -0.05) is 38.1 Å². The minimum absolute atomic E-state index is 0.144. The van der Waals surface area contributed by atoms with Crippen molar-refractivity contribution in [1.29, 1.82) is 0 Å². The first kappa shape index (κ1) is 20.8. The second-order valence-electron chi connectivity index (χ2n) is 7.92. The average molecular weight is 424 g/mol. The Morgan fingerprint density at radius 1 is 1.17 bits per heavy atom. The number of rotatable bonds is 6. The fourth-order valence-electron chi connectivity index (χ4n) is 4.05. The summed E-state index contributed by atoms with van der Waals surface area (Å²) in [6, 6.07) is 12.8. The molecule has 0 saturated carbocycles. The first-order valence-corrected chi connectivity index (χ1v) is 11.5. The average Bonchev–Trinajstić information content (AvgIpc) is 3.27. The number of methoxy groups -OCH3 is 1. The number of esters is 1. The Labute approximate surface area is 182 Å². The molecule has 30 heavy (non-hydrogen) atoms. The van der Waals surface area contributed by atoms with Gasteiger partial charge in [0.15, 0.2) is 0 Å². The van der Waals surface area contributed by atoms with Crippen LogP contribution in [0.3, 0.4) is 0 Å². The molecule has 5 nitrogen and oxygen atoms in total. The molecule has 0 amide bonds. The van der Waals surface area contributed by atoms with E-state index in [2.05, 4.69) is 58.5 Å². The van der Waals surface area contributed by atoms with Crippen molar-refractivity contribution >= 4 is 33.2 Å². The highest BCUT2D eigenvalue weighted by Crippen LogP contribution is 2.34. The van der Waals surface area contributed by atoms with E-state index in [0.29, 0.717) is 6.42 Å². The van der Waals surface area contributed by atoms with E-state index in [9.17, 15) is 4.79 Å². The van der Waals surface area contributed by atoms with Gasteiger partial charge in [-0.3, -0.25) is 4.79 Å². The number of fused-ring (bicyclic) bond motifs is 1. The summed E-state index contributed by atoms with van der Waals surface area (Å²) < 4.78 is 6.11. The number of aromatic nitrogens is 1. The van der Waals surface area contributed by atoms with Crippen molar-refractivity contribution in [1.82, 2.24) is 9.88 Å².